The van der Waals surface area contributed by atoms with Gasteiger partial charge >= 0.3 is 0 Å². The Balaban J connectivity index is 2.08. The Morgan fingerprint density at radius 3 is 2.18 bits per heavy atom. The lowest BCUT2D eigenvalue weighted by molar-refractivity contribution is 0.546. The van der Waals surface area contributed by atoms with E-state index in [0.29, 0.717) is 0 Å². The lowest BCUT2D eigenvalue weighted by Crippen LogP contribution is -2.31. The van der Waals surface area contributed by atoms with Crippen LogP contribution in [-0.2, 0) is 0 Å². The second kappa shape index (κ2) is 2.35. The van der Waals surface area contributed by atoms with Crippen molar-refractivity contribution in [3.8, 4) is 0 Å². The van der Waals surface area contributed by atoms with Crippen molar-refractivity contribution in [3.63, 3.8) is 0 Å². The summed E-state index contributed by atoms with van der Waals surface area (Å²) in [5.74, 6) is 1.95. The van der Waals surface area contributed by atoms with E-state index in [-0.39, 0.29) is 0 Å². The lowest BCUT2D eigenvalue weighted by atomic mass is 10.0. The molecule has 0 aromatic rings. The Kier molecular flexibility index (Phi) is 1.68. The molecule has 0 amide bonds. The van der Waals surface area contributed by atoms with Crippen LogP contribution in [0.25, 0.3) is 0 Å². The first kappa shape index (κ1) is 7.84. The fourth-order valence-corrected chi connectivity index (χ4v) is 5.31. The van der Waals surface area contributed by atoms with Gasteiger partial charge in [0.15, 0.2) is 0 Å². The Labute approximate surface area is 71.4 Å². The minimum absolute atomic E-state index is 0.840. The largest absolute Gasteiger partial charge is 0.0693 e. The van der Waals surface area contributed by atoms with Gasteiger partial charge in [0, 0.05) is 8.07 Å². The average molecular weight is 166 g/mol. The van der Waals surface area contributed by atoms with Gasteiger partial charge in [0.1, 0.15) is 0 Å². The first-order valence-corrected chi connectivity index (χ1v) is 8.38. The molecule has 1 heteroatoms. The highest BCUT2D eigenvalue weighted by molar-refractivity contribution is 6.77. The molecule has 0 N–H and O–H groups in total. The molecule has 2 rings (SSSR count). The van der Waals surface area contributed by atoms with E-state index in [2.05, 4.69) is 26.1 Å². The van der Waals surface area contributed by atoms with E-state index in [9.17, 15) is 0 Å². The molecular formula is C10H18Si. The van der Waals surface area contributed by atoms with Gasteiger partial charge < -0.3 is 0 Å². The summed E-state index contributed by atoms with van der Waals surface area (Å²) in [5.41, 5.74) is 1.07. The van der Waals surface area contributed by atoms with Gasteiger partial charge in [0.25, 0.3) is 0 Å². The summed E-state index contributed by atoms with van der Waals surface area (Å²) in [7, 11) is -0.840. The fraction of sp³-hybridized carbons (Fsp3) is 0.900. The number of rotatable bonds is 1. The third-order valence-electron chi connectivity index (χ3n) is 3.44. The van der Waals surface area contributed by atoms with Crippen LogP contribution < -0.4 is 0 Å². The van der Waals surface area contributed by atoms with Crippen molar-refractivity contribution in [1.82, 2.24) is 0 Å². The van der Waals surface area contributed by atoms with Gasteiger partial charge in [-0.1, -0.05) is 19.6 Å². The minimum Gasteiger partial charge on any atom is -0.0693 e. The van der Waals surface area contributed by atoms with Crippen molar-refractivity contribution in [2.75, 3.05) is 0 Å². The van der Waals surface area contributed by atoms with Crippen molar-refractivity contribution in [2.24, 2.45) is 11.8 Å². The molecule has 2 fully saturated rings. The molecule has 2 bridgehead atoms. The predicted molar refractivity (Wildman–Crippen MR) is 51.2 cm³/mol. The Hall–Kier alpha value is 0.217. The molecule has 2 saturated carbocycles. The molecule has 0 spiro atoms. The number of hydrogen-bond acceptors (Lipinski definition) is 0. The molecule has 2 aliphatic rings. The van der Waals surface area contributed by atoms with Crippen LogP contribution in [0.2, 0.25) is 25.2 Å². The third kappa shape index (κ3) is 1.28. The van der Waals surface area contributed by atoms with Crippen LogP contribution >= 0.6 is 0 Å². The maximum atomic E-state index is 3.65. The minimum atomic E-state index is -0.840. The van der Waals surface area contributed by atoms with E-state index >= 15 is 0 Å². The molecule has 0 aromatic heterocycles. The molecule has 0 nitrogen and oxygen atoms in total. The first-order chi connectivity index (χ1) is 5.07. The number of hydrogen-bond donors (Lipinski definition) is 0. The first-order valence-electron chi connectivity index (χ1n) is 4.81. The quantitative estimate of drug-likeness (QED) is 0.525. The summed E-state index contributed by atoms with van der Waals surface area (Å²) >= 11 is 0. The van der Waals surface area contributed by atoms with E-state index in [1.165, 1.54) is 19.3 Å². The molecule has 2 radical (unpaired) electrons. The highest BCUT2D eigenvalue weighted by Gasteiger charge is 2.45. The van der Waals surface area contributed by atoms with Gasteiger partial charge in [0.05, 0.1) is 0 Å². The maximum Gasteiger partial charge on any atom is 0.0476 e. The molecule has 0 unspecified atom stereocenters. The molecule has 3 atom stereocenters. The molecule has 62 valence electrons. The molecule has 2 aliphatic carbocycles. The topological polar surface area (TPSA) is 0 Å². The van der Waals surface area contributed by atoms with Gasteiger partial charge in [-0.2, -0.15) is 0 Å². The van der Waals surface area contributed by atoms with Crippen molar-refractivity contribution in [1.29, 1.82) is 0 Å². The molecular weight excluding hydrogens is 148 g/mol. The molecule has 0 saturated heterocycles. The smallest absolute Gasteiger partial charge is 0.0476 e. The van der Waals surface area contributed by atoms with Crippen molar-refractivity contribution >= 4 is 8.07 Å². The van der Waals surface area contributed by atoms with Gasteiger partial charge in [0.2, 0.25) is 0 Å². The zero-order chi connectivity index (χ0) is 8.06. The monoisotopic (exact) mass is 166 g/mol. The van der Waals surface area contributed by atoms with Crippen LogP contribution in [0.5, 0.6) is 0 Å². The summed E-state index contributed by atoms with van der Waals surface area (Å²) in [6.45, 7) is 7.54. The average Bonchev–Trinajstić information content (AvgIpc) is 2.42. The van der Waals surface area contributed by atoms with E-state index in [4.69, 9.17) is 0 Å². The van der Waals surface area contributed by atoms with Crippen LogP contribution in [0.3, 0.4) is 0 Å². The highest BCUT2D eigenvalue weighted by atomic mass is 28.3. The summed E-state index contributed by atoms with van der Waals surface area (Å²) in [6, 6.07) is 0. The van der Waals surface area contributed by atoms with Crippen molar-refractivity contribution in [3.05, 3.63) is 6.42 Å². The standard InChI is InChI=1S/C10H18Si/c1-11(2,3)10-7-8-4-5-9(10)6-8/h8-10H,4,6-7H2,1-3H3/t8-,9-,10-/m1/s1. The van der Waals surface area contributed by atoms with Crippen LogP contribution in [0.4, 0.5) is 0 Å². The highest BCUT2D eigenvalue weighted by Crippen LogP contribution is 2.54. The maximum absolute atomic E-state index is 3.65. The van der Waals surface area contributed by atoms with Gasteiger partial charge in [-0.3, -0.25) is 0 Å². The summed E-state index contributed by atoms with van der Waals surface area (Å²) in [4.78, 5) is 0. The molecule has 0 aromatic carbocycles. The number of fused-ring (bicyclic) bond motifs is 2. The van der Waals surface area contributed by atoms with Crippen molar-refractivity contribution in [2.45, 2.75) is 44.4 Å². The van der Waals surface area contributed by atoms with Crippen LogP contribution in [0, 0.1) is 18.3 Å². The second-order valence-corrected chi connectivity index (χ2v) is 10.8. The Bertz CT molecular complexity index is 157. The zero-order valence-corrected chi connectivity index (χ0v) is 8.85. The van der Waals surface area contributed by atoms with E-state index < -0.39 is 8.07 Å². The fourth-order valence-electron chi connectivity index (χ4n) is 2.81. The second-order valence-electron chi connectivity index (χ2n) is 5.32. The molecule has 0 heterocycles. The lowest BCUT2D eigenvalue weighted by Gasteiger charge is -2.32. The summed E-state index contributed by atoms with van der Waals surface area (Å²) in [5, 5.41) is 0. The Morgan fingerprint density at radius 2 is 1.91 bits per heavy atom. The predicted octanol–water partition coefficient (Wildman–Crippen LogP) is 3.21. The van der Waals surface area contributed by atoms with Crippen LogP contribution in [0.1, 0.15) is 19.3 Å². The van der Waals surface area contributed by atoms with E-state index in [1.807, 2.05) is 0 Å². The van der Waals surface area contributed by atoms with Crippen LogP contribution in [-0.4, -0.2) is 8.07 Å². The summed E-state index contributed by atoms with van der Waals surface area (Å²) in [6.07, 6.45) is 7.97. The van der Waals surface area contributed by atoms with E-state index in [0.717, 1.165) is 17.4 Å². The zero-order valence-electron chi connectivity index (χ0n) is 7.85. The normalized spacial score (nSPS) is 43.4. The van der Waals surface area contributed by atoms with E-state index in [1.54, 1.807) is 0 Å². The Morgan fingerprint density at radius 1 is 1.18 bits per heavy atom. The van der Waals surface area contributed by atoms with Crippen LogP contribution in [0.15, 0.2) is 0 Å². The van der Waals surface area contributed by atoms with Gasteiger partial charge in [-0.05, 0) is 43.1 Å². The third-order valence-corrected chi connectivity index (χ3v) is 6.30. The summed E-state index contributed by atoms with van der Waals surface area (Å²) < 4.78 is 0. The molecule has 11 heavy (non-hydrogen) atoms. The van der Waals surface area contributed by atoms with Gasteiger partial charge in [-0.15, -0.1) is 0 Å². The van der Waals surface area contributed by atoms with Crippen molar-refractivity contribution < 1.29 is 0 Å². The van der Waals surface area contributed by atoms with Gasteiger partial charge in [-0.25, -0.2) is 0 Å². The SMILES string of the molecule is C[Si](C)(C)[C@@H]1C[C@@H]2C[C][C@@H]1C2. The molecule has 0 aliphatic heterocycles.